The van der Waals surface area contributed by atoms with Gasteiger partial charge >= 0.3 is 0 Å². The van der Waals surface area contributed by atoms with Crippen molar-refractivity contribution in [2.24, 2.45) is 10.9 Å². The molecule has 1 fully saturated rings. The maximum Gasteiger partial charge on any atom is 0.251 e. The summed E-state index contributed by atoms with van der Waals surface area (Å²) in [4.78, 5) is 15.8. The Bertz CT molecular complexity index is 269. The van der Waals surface area contributed by atoms with Crippen LogP contribution in [0.3, 0.4) is 0 Å². The second kappa shape index (κ2) is 3.59. The standard InChI is InChI=1S/C10H17N3O/c1-6(2)5-8-9(14)13-10(12-8)11-7-3-4-7/h6-8H,3-5H2,1-2H3,(H2,11,12,13,14). The zero-order valence-corrected chi connectivity index (χ0v) is 8.71. The number of hydrogen-bond donors (Lipinski definition) is 2. The molecule has 0 aromatic carbocycles. The van der Waals surface area contributed by atoms with E-state index in [2.05, 4.69) is 29.5 Å². The highest BCUT2D eigenvalue weighted by molar-refractivity contribution is 6.04. The first-order chi connectivity index (χ1) is 6.65. The Kier molecular flexibility index (Phi) is 2.44. The fourth-order valence-electron chi connectivity index (χ4n) is 1.55. The van der Waals surface area contributed by atoms with Crippen molar-refractivity contribution in [3.8, 4) is 0 Å². The van der Waals surface area contributed by atoms with Gasteiger partial charge in [-0.2, -0.15) is 0 Å². The van der Waals surface area contributed by atoms with E-state index >= 15 is 0 Å². The summed E-state index contributed by atoms with van der Waals surface area (Å²) in [5.41, 5.74) is 0. The van der Waals surface area contributed by atoms with E-state index in [1.165, 1.54) is 12.8 Å². The SMILES string of the molecule is CC(C)CC1N=C(NC2CC2)NC1=O. The number of carbonyl (C=O) groups is 1. The second-order valence-corrected chi connectivity index (χ2v) is 4.53. The highest BCUT2D eigenvalue weighted by atomic mass is 16.2. The van der Waals surface area contributed by atoms with E-state index in [-0.39, 0.29) is 11.9 Å². The lowest BCUT2D eigenvalue weighted by Crippen LogP contribution is -2.38. The lowest BCUT2D eigenvalue weighted by molar-refractivity contribution is -0.120. The molecule has 1 saturated carbocycles. The van der Waals surface area contributed by atoms with Crippen LogP contribution in [-0.4, -0.2) is 24.0 Å². The van der Waals surface area contributed by atoms with E-state index in [0.29, 0.717) is 17.9 Å². The number of aliphatic imine (C=N–C) groups is 1. The van der Waals surface area contributed by atoms with E-state index in [4.69, 9.17) is 0 Å². The molecule has 0 aromatic heterocycles. The first-order valence-electron chi connectivity index (χ1n) is 5.30. The molecule has 1 aliphatic carbocycles. The largest absolute Gasteiger partial charge is 0.353 e. The van der Waals surface area contributed by atoms with Crippen LogP contribution in [0, 0.1) is 5.92 Å². The predicted octanol–water partition coefficient (Wildman–Crippen LogP) is 0.639. The van der Waals surface area contributed by atoms with Gasteiger partial charge in [0.15, 0.2) is 5.96 Å². The van der Waals surface area contributed by atoms with Crippen LogP contribution in [0.4, 0.5) is 0 Å². The average Bonchev–Trinajstić information content (AvgIpc) is 2.79. The average molecular weight is 195 g/mol. The summed E-state index contributed by atoms with van der Waals surface area (Å²) in [7, 11) is 0. The maximum absolute atomic E-state index is 11.5. The molecule has 1 unspecified atom stereocenters. The molecule has 1 atom stereocenters. The van der Waals surface area contributed by atoms with E-state index in [9.17, 15) is 4.79 Å². The quantitative estimate of drug-likeness (QED) is 0.694. The lowest BCUT2D eigenvalue weighted by atomic mass is 10.0. The van der Waals surface area contributed by atoms with Gasteiger partial charge in [-0.3, -0.25) is 10.1 Å². The summed E-state index contributed by atoms with van der Waals surface area (Å²) in [6.45, 7) is 4.21. The number of rotatable bonds is 3. The monoisotopic (exact) mass is 195 g/mol. The van der Waals surface area contributed by atoms with Gasteiger partial charge in [-0.05, 0) is 25.2 Å². The predicted molar refractivity (Wildman–Crippen MR) is 55.0 cm³/mol. The molecule has 14 heavy (non-hydrogen) atoms. The fraction of sp³-hybridized carbons (Fsp3) is 0.800. The molecule has 4 heteroatoms. The fourth-order valence-corrected chi connectivity index (χ4v) is 1.55. The number of nitrogens with one attached hydrogen (secondary N) is 2. The van der Waals surface area contributed by atoms with Crippen LogP contribution in [0.5, 0.6) is 0 Å². The summed E-state index contributed by atoms with van der Waals surface area (Å²) in [5.74, 6) is 1.24. The van der Waals surface area contributed by atoms with Gasteiger partial charge in [-0.25, -0.2) is 4.99 Å². The molecular weight excluding hydrogens is 178 g/mol. The van der Waals surface area contributed by atoms with E-state index in [1.807, 2.05) is 0 Å². The Morgan fingerprint density at radius 2 is 2.29 bits per heavy atom. The molecule has 4 nitrogen and oxygen atoms in total. The third-order valence-electron chi connectivity index (χ3n) is 2.44. The minimum absolute atomic E-state index is 0.0434. The van der Waals surface area contributed by atoms with Crippen molar-refractivity contribution in [3.63, 3.8) is 0 Å². The van der Waals surface area contributed by atoms with Crippen molar-refractivity contribution in [1.29, 1.82) is 0 Å². The number of nitrogens with zero attached hydrogens (tertiary/aromatic N) is 1. The Morgan fingerprint density at radius 1 is 1.57 bits per heavy atom. The van der Waals surface area contributed by atoms with Gasteiger partial charge in [0.25, 0.3) is 5.91 Å². The van der Waals surface area contributed by atoms with Gasteiger partial charge < -0.3 is 5.32 Å². The smallest absolute Gasteiger partial charge is 0.251 e. The van der Waals surface area contributed by atoms with Crippen molar-refractivity contribution in [3.05, 3.63) is 0 Å². The van der Waals surface area contributed by atoms with Gasteiger partial charge in [0, 0.05) is 6.04 Å². The third kappa shape index (κ3) is 2.25. The maximum atomic E-state index is 11.5. The van der Waals surface area contributed by atoms with Crippen LogP contribution in [-0.2, 0) is 4.79 Å². The zero-order valence-electron chi connectivity index (χ0n) is 8.71. The van der Waals surface area contributed by atoms with Crippen molar-refractivity contribution in [1.82, 2.24) is 10.6 Å². The van der Waals surface area contributed by atoms with Crippen LogP contribution in [0.15, 0.2) is 4.99 Å². The van der Waals surface area contributed by atoms with E-state index in [0.717, 1.165) is 6.42 Å². The van der Waals surface area contributed by atoms with Crippen molar-refractivity contribution < 1.29 is 4.79 Å². The van der Waals surface area contributed by atoms with Crippen LogP contribution >= 0.6 is 0 Å². The third-order valence-corrected chi connectivity index (χ3v) is 2.44. The Labute approximate surface area is 84.2 Å². The van der Waals surface area contributed by atoms with Crippen LogP contribution in [0.2, 0.25) is 0 Å². The highest BCUT2D eigenvalue weighted by Crippen LogP contribution is 2.19. The molecule has 78 valence electrons. The molecule has 0 aromatic rings. The van der Waals surface area contributed by atoms with E-state index in [1.54, 1.807) is 0 Å². The Morgan fingerprint density at radius 3 is 2.86 bits per heavy atom. The normalized spacial score (nSPS) is 26.4. The van der Waals surface area contributed by atoms with E-state index < -0.39 is 0 Å². The van der Waals surface area contributed by atoms with Crippen molar-refractivity contribution in [2.75, 3.05) is 0 Å². The summed E-state index contributed by atoms with van der Waals surface area (Å²) in [6.07, 6.45) is 3.23. The molecule has 1 heterocycles. The molecular formula is C10H17N3O. The number of carbonyl (C=O) groups excluding carboxylic acids is 1. The Balaban J connectivity index is 1.90. The van der Waals surface area contributed by atoms with Crippen LogP contribution < -0.4 is 10.6 Å². The molecule has 2 N–H and O–H groups in total. The molecule has 1 aliphatic heterocycles. The number of amides is 1. The zero-order chi connectivity index (χ0) is 10.1. The lowest BCUT2D eigenvalue weighted by Gasteiger charge is -2.06. The molecule has 0 bridgehead atoms. The summed E-state index contributed by atoms with van der Waals surface area (Å²) in [5, 5.41) is 5.99. The van der Waals surface area contributed by atoms with Crippen LogP contribution in [0.1, 0.15) is 33.1 Å². The topological polar surface area (TPSA) is 53.5 Å². The summed E-state index contributed by atoms with van der Waals surface area (Å²) < 4.78 is 0. The minimum atomic E-state index is -0.170. The van der Waals surface area contributed by atoms with Gasteiger partial charge in [-0.1, -0.05) is 13.8 Å². The molecule has 2 aliphatic rings. The van der Waals surface area contributed by atoms with Gasteiger partial charge in [0.05, 0.1) is 0 Å². The Hall–Kier alpha value is -1.06. The summed E-state index contributed by atoms with van der Waals surface area (Å²) in [6, 6.07) is 0.378. The first kappa shape index (κ1) is 9.49. The van der Waals surface area contributed by atoms with Gasteiger partial charge in [0.1, 0.15) is 6.04 Å². The minimum Gasteiger partial charge on any atom is -0.353 e. The molecule has 0 radical (unpaired) electrons. The van der Waals surface area contributed by atoms with Crippen molar-refractivity contribution >= 4 is 11.9 Å². The van der Waals surface area contributed by atoms with Gasteiger partial charge in [0.2, 0.25) is 0 Å². The molecule has 1 amide bonds. The number of hydrogen-bond acceptors (Lipinski definition) is 3. The van der Waals surface area contributed by atoms with Gasteiger partial charge in [-0.15, -0.1) is 0 Å². The molecule has 2 rings (SSSR count). The van der Waals surface area contributed by atoms with Crippen LogP contribution in [0.25, 0.3) is 0 Å². The molecule has 0 saturated heterocycles. The second-order valence-electron chi connectivity index (χ2n) is 4.53. The molecule has 0 spiro atoms. The highest BCUT2D eigenvalue weighted by Gasteiger charge is 2.30. The first-order valence-corrected chi connectivity index (χ1v) is 5.30. The summed E-state index contributed by atoms with van der Waals surface area (Å²) >= 11 is 0. The number of guanidine groups is 1. The van der Waals surface area contributed by atoms with Crippen molar-refractivity contribution in [2.45, 2.75) is 45.2 Å².